The minimum atomic E-state index is -0.479. The van der Waals surface area contributed by atoms with Gasteiger partial charge >= 0.3 is 0 Å². The number of hydrogen-bond donors (Lipinski definition) is 3. The Morgan fingerprint density at radius 3 is 2.68 bits per heavy atom. The first-order chi connectivity index (χ1) is 10.5. The molecule has 1 atom stereocenters. The highest BCUT2D eigenvalue weighted by molar-refractivity contribution is 6.07. The summed E-state index contributed by atoms with van der Waals surface area (Å²) in [7, 11) is 0. The Balaban J connectivity index is 1.60. The topological polar surface area (TPSA) is 66.0 Å². The van der Waals surface area contributed by atoms with Crippen molar-refractivity contribution in [2.75, 3.05) is 16.0 Å². The molecule has 0 aliphatic carbocycles. The molecule has 2 aliphatic heterocycles. The van der Waals surface area contributed by atoms with Crippen molar-refractivity contribution in [3.63, 3.8) is 0 Å². The Labute approximate surface area is 129 Å². The molecule has 0 radical (unpaired) electrons. The van der Waals surface area contributed by atoms with E-state index in [0.29, 0.717) is 0 Å². The molecule has 5 heteroatoms. The minimum absolute atomic E-state index is 0.0538. The van der Waals surface area contributed by atoms with Crippen molar-refractivity contribution in [3.05, 3.63) is 47.8 Å². The molecule has 3 heterocycles. The van der Waals surface area contributed by atoms with E-state index in [2.05, 4.69) is 33.1 Å². The van der Waals surface area contributed by atoms with Gasteiger partial charge in [-0.05, 0) is 43.2 Å². The zero-order chi connectivity index (χ0) is 15.3. The molecule has 1 amide bonds. The quantitative estimate of drug-likeness (QED) is 0.797. The van der Waals surface area contributed by atoms with Crippen LogP contribution in [-0.4, -0.2) is 17.1 Å². The number of amides is 1. The normalized spacial score (nSPS) is 20.6. The van der Waals surface area contributed by atoms with E-state index in [-0.39, 0.29) is 12.1 Å². The van der Waals surface area contributed by atoms with Crippen LogP contribution in [0.5, 0.6) is 0 Å². The van der Waals surface area contributed by atoms with E-state index in [1.54, 1.807) is 6.20 Å². The van der Waals surface area contributed by atoms with E-state index >= 15 is 0 Å². The molecule has 2 aromatic rings. The van der Waals surface area contributed by atoms with Gasteiger partial charge in [0, 0.05) is 24.5 Å². The van der Waals surface area contributed by atoms with Crippen molar-refractivity contribution in [1.29, 1.82) is 0 Å². The van der Waals surface area contributed by atoms with Gasteiger partial charge in [0.25, 0.3) is 0 Å². The summed E-state index contributed by atoms with van der Waals surface area (Å²) in [4.78, 5) is 16.2. The number of fused-ring (bicyclic) bond motifs is 2. The molecule has 1 unspecified atom stereocenters. The van der Waals surface area contributed by atoms with Gasteiger partial charge < -0.3 is 16.0 Å². The maximum absolute atomic E-state index is 12.0. The zero-order valence-corrected chi connectivity index (χ0v) is 12.6. The summed E-state index contributed by atoms with van der Waals surface area (Å²) in [6.07, 6.45) is 4.65. The first-order valence-electron chi connectivity index (χ1n) is 7.46. The van der Waals surface area contributed by atoms with Crippen LogP contribution in [0.15, 0.2) is 36.7 Å². The second-order valence-electron chi connectivity index (χ2n) is 6.43. The summed E-state index contributed by atoms with van der Waals surface area (Å²) in [6, 6.07) is 8.12. The van der Waals surface area contributed by atoms with Crippen molar-refractivity contribution < 1.29 is 4.79 Å². The van der Waals surface area contributed by atoms with E-state index in [9.17, 15) is 4.79 Å². The lowest BCUT2D eigenvalue weighted by atomic mass is 9.86. The minimum Gasteiger partial charge on any atom is -0.363 e. The lowest BCUT2D eigenvalue weighted by Crippen LogP contribution is -2.27. The van der Waals surface area contributed by atoms with Crippen LogP contribution < -0.4 is 16.0 Å². The summed E-state index contributed by atoms with van der Waals surface area (Å²) < 4.78 is 0. The van der Waals surface area contributed by atoms with Crippen LogP contribution in [-0.2, 0) is 16.6 Å². The number of hydrogen-bond acceptors (Lipinski definition) is 4. The second-order valence-corrected chi connectivity index (χ2v) is 6.43. The first-order valence-corrected chi connectivity index (χ1v) is 7.46. The third-order valence-corrected chi connectivity index (χ3v) is 4.47. The zero-order valence-electron chi connectivity index (χ0n) is 12.6. The molecule has 0 fully saturated rings. The van der Waals surface area contributed by atoms with Gasteiger partial charge in [-0.2, -0.15) is 0 Å². The van der Waals surface area contributed by atoms with Gasteiger partial charge in [-0.15, -0.1) is 0 Å². The van der Waals surface area contributed by atoms with E-state index < -0.39 is 5.41 Å². The summed E-state index contributed by atoms with van der Waals surface area (Å²) in [5.74, 6) is 0.0538. The molecule has 5 nitrogen and oxygen atoms in total. The van der Waals surface area contributed by atoms with Crippen LogP contribution in [0.4, 0.5) is 17.1 Å². The fraction of sp³-hybridized carbons (Fsp3) is 0.294. The average molecular weight is 294 g/mol. The van der Waals surface area contributed by atoms with Crippen LogP contribution in [0, 0.1) is 0 Å². The molecule has 0 saturated carbocycles. The summed E-state index contributed by atoms with van der Waals surface area (Å²) in [5, 5.41) is 9.92. The van der Waals surface area contributed by atoms with Gasteiger partial charge in [0.15, 0.2) is 0 Å². The Morgan fingerprint density at radius 1 is 1.18 bits per heavy atom. The van der Waals surface area contributed by atoms with Crippen LogP contribution >= 0.6 is 0 Å². The predicted octanol–water partition coefficient (Wildman–Crippen LogP) is 2.72. The molecule has 1 aromatic heterocycles. The van der Waals surface area contributed by atoms with Crippen molar-refractivity contribution in [2.45, 2.75) is 31.8 Å². The van der Waals surface area contributed by atoms with E-state index in [4.69, 9.17) is 0 Å². The van der Waals surface area contributed by atoms with Gasteiger partial charge in [0.2, 0.25) is 5.91 Å². The van der Waals surface area contributed by atoms with E-state index in [1.165, 1.54) is 5.56 Å². The van der Waals surface area contributed by atoms with Crippen LogP contribution in [0.2, 0.25) is 0 Å². The molecular formula is C17H18N4O. The smallest absolute Gasteiger partial charge is 0.234 e. The number of nitrogens with one attached hydrogen (secondary N) is 3. The number of nitrogens with zero attached hydrogens (tertiary/aromatic N) is 1. The lowest BCUT2D eigenvalue weighted by molar-refractivity contribution is -0.119. The maximum Gasteiger partial charge on any atom is 0.234 e. The molecule has 112 valence electrons. The molecule has 0 saturated heterocycles. The molecule has 22 heavy (non-hydrogen) atoms. The van der Waals surface area contributed by atoms with Crippen molar-refractivity contribution in [3.8, 4) is 0 Å². The molecule has 1 aromatic carbocycles. The highest BCUT2D eigenvalue weighted by atomic mass is 16.2. The summed E-state index contributed by atoms with van der Waals surface area (Å²) in [6.45, 7) is 3.91. The van der Waals surface area contributed by atoms with Crippen LogP contribution in [0.25, 0.3) is 0 Å². The fourth-order valence-corrected chi connectivity index (χ4v) is 3.13. The van der Waals surface area contributed by atoms with Gasteiger partial charge in [-0.25, -0.2) is 0 Å². The molecule has 3 N–H and O–H groups in total. The van der Waals surface area contributed by atoms with Gasteiger partial charge in [-0.3, -0.25) is 9.78 Å². The van der Waals surface area contributed by atoms with Gasteiger partial charge in [0.05, 0.1) is 16.8 Å². The predicted molar refractivity (Wildman–Crippen MR) is 87.1 cm³/mol. The Morgan fingerprint density at radius 2 is 1.95 bits per heavy atom. The van der Waals surface area contributed by atoms with Crippen LogP contribution in [0.3, 0.4) is 0 Å². The third kappa shape index (κ3) is 1.93. The largest absolute Gasteiger partial charge is 0.363 e. The SMILES string of the molecule is CC1(C)C(=O)Nc2cc3c(cc21)NC(Cc1cccnc1)N3. The van der Waals surface area contributed by atoms with E-state index in [1.807, 2.05) is 32.2 Å². The average Bonchev–Trinajstić information content (AvgIpc) is 2.97. The number of pyridine rings is 1. The highest BCUT2D eigenvalue weighted by Crippen LogP contribution is 2.43. The maximum atomic E-state index is 12.0. The molecule has 0 bridgehead atoms. The van der Waals surface area contributed by atoms with Crippen molar-refractivity contribution in [1.82, 2.24) is 4.98 Å². The highest BCUT2D eigenvalue weighted by Gasteiger charge is 2.39. The number of rotatable bonds is 2. The lowest BCUT2D eigenvalue weighted by Gasteiger charge is -2.15. The van der Waals surface area contributed by atoms with Crippen molar-refractivity contribution >= 4 is 23.0 Å². The number of carbonyl (C=O) groups is 1. The van der Waals surface area contributed by atoms with Crippen LogP contribution in [0.1, 0.15) is 25.0 Å². The summed E-state index contributed by atoms with van der Waals surface area (Å²) >= 11 is 0. The summed E-state index contributed by atoms with van der Waals surface area (Å²) in [5.41, 5.74) is 4.75. The number of aromatic nitrogens is 1. The Hall–Kier alpha value is -2.56. The Bertz CT molecular complexity index is 755. The molecule has 2 aliphatic rings. The standard InChI is InChI=1S/C17H18N4O/c1-17(2)11-7-13-14(8-12(11)21-16(17)22)20-15(19-13)6-10-4-3-5-18-9-10/h3-5,7-9,15,19-20H,6H2,1-2H3,(H,21,22). The molecular weight excluding hydrogens is 276 g/mol. The first kappa shape index (κ1) is 13.1. The molecule has 4 rings (SSSR count). The number of benzene rings is 1. The monoisotopic (exact) mass is 294 g/mol. The third-order valence-electron chi connectivity index (χ3n) is 4.47. The Kier molecular flexibility index (Phi) is 2.66. The number of anilines is 3. The van der Waals surface area contributed by atoms with Gasteiger partial charge in [-0.1, -0.05) is 6.07 Å². The van der Waals surface area contributed by atoms with E-state index in [0.717, 1.165) is 29.0 Å². The number of carbonyl (C=O) groups excluding carboxylic acids is 1. The molecule has 0 spiro atoms. The van der Waals surface area contributed by atoms with Gasteiger partial charge in [0.1, 0.15) is 6.17 Å². The fourth-order valence-electron chi connectivity index (χ4n) is 3.13. The second kappa shape index (κ2) is 4.47. The van der Waals surface area contributed by atoms with Crippen molar-refractivity contribution in [2.24, 2.45) is 0 Å².